The van der Waals surface area contributed by atoms with E-state index >= 15 is 0 Å². The van der Waals surface area contributed by atoms with Crippen LogP contribution in [0.2, 0.25) is 0 Å². The number of rotatable bonds is 2. The number of aromatic nitrogens is 3. The van der Waals surface area contributed by atoms with Crippen LogP contribution in [0.5, 0.6) is 0 Å². The van der Waals surface area contributed by atoms with Gasteiger partial charge in [0.05, 0.1) is 0 Å². The monoisotopic (exact) mass is 314 g/mol. The van der Waals surface area contributed by atoms with Crippen molar-refractivity contribution >= 4 is 33.6 Å². The smallest absolute Gasteiger partial charge is 0.224 e. The number of hydrogen-bond acceptors (Lipinski definition) is 5. The SMILES string of the molecule is CSc1nc(N)nc(-c2ccc(F)cc2Br)n1. The van der Waals surface area contributed by atoms with Crippen LogP contribution in [-0.4, -0.2) is 21.2 Å². The minimum atomic E-state index is -0.326. The maximum atomic E-state index is 13.0. The van der Waals surface area contributed by atoms with Gasteiger partial charge in [0.25, 0.3) is 0 Å². The molecule has 0 atom stereocenters. The van der Waals surface area contributed by atoms with E-state index in [0.29, 0.717) is 21.0 Å². The molecule has 0 aliphatic carbocycles. The fraction of sp³-hybridized carbons (Fsp3) is 0.100. The van der Waals surface area contributed by atoms with E-state index < -0.39 is 0 Å². The molecule has 0 amide bonds. The number of hydrogen-bond donors (Lipinski definition) is 1. The van der Waals surface area contributed by atoms with E-state index in [0.717, 1.165) is 0 Å². The molecule has 4 nitrogen and oxygen atoms in total. The van der Waals surface area contributed by atoms with E-state index in [9.17, 15) is 4.39 Å². The van der Waals surface area contributed by atoms with E-state index in [1.165, 1.54) is 23.9 Å². The second-order valence-electron chi connectivity index (χ2n) is 3.13. The average molecular weight is 315 g/mol. The highest BCUT2D eigenvalue weighted by atomic mass is 79.9. The number of halogens is 2. The Kier molecular flexibility index (Phi) is 3.58. The van der Waals surface area contributed by atoms with Gasteiger partial charge in [0, 0.05) is 10.0 Å². The van der Waals surface area contributed by atoms with Gasteiger partial charge in [-0.05, 0) is 40.4 Å². The highest BCUT2D eigenvalue weighted by Crippen LogP contribution is 2.27. The summed E-state index contributed by atoms with van der Waals surface area (Å²) in [5.41, 5.74) is 6.26. The molecule has 0 aliphatic heterocycles. The molecule has 2 N–H and O–H groups in total. The normalized spacial score (nSPS) is 10.5. The number of thioether (sulfide) groups is 1. The predicted octanol–water partition coefficient (Wildman–Crippen LogP) is 2.74. The van der Waals surface area contributed by atoms with Gasteiger partial charge >= 0.3 is 0 Å². The zero-order valence-electron chi connectivity index (χ0n) is 8.82. The lowest BCUT2D eigenvalue weighted by Gasteiger charge is -2.05. The molecule has 1 heterocycles. The highest BCUT2D eigenvalue weighted by molar-refractivity contribution is 9.10. The molecule has 1 aromatic heterocycles. The number of benzene rings is 1. The third-order valence-corrected chi connectivity index (χ3v) is 3.19. The molecule has 0 unspecified atom stereocenters. The Hall–Kier alpha value is -1.21. The van der Waals surface area contributed by atoms with Crippen molar-refractivity contribution in [1.82, 2.24) is 15.0 Å². The van der Waals surface area contributed by atoms with E-state index in [-0.39, 0.29) is 11.8 Å². The van der Waals surface area contributed by atoms with Crippen LogP contribution in [0, 0.1) is 5.82 Å². The molecule has 0 radical (unpaired) electrons. The van der Waals surface area contributed by atoms with Gasteiger partial charge in [0.15, 0.2) is 11.0 Å². The predicted molar refractivity (Wildman–Crippen MR) is 69.1 cm³/mol. The standard InChI is InChI=1S/C10H8BrFN4S/c1-17-10-15-8(14-9(13)16-10)6-3-2-5(12)4-7(6)11/h2-4H,1H3,(H2,13,14,15,16). The minimum Gasteiger partial charge on any atom is -0.368 e. The summed E-state index contributed by atoms with van der Waals surface area (Å²) in [6.45, 7) is 0. The van der Waals surface area contributed by atoms with Crippen molar-refractivity contribution in [3.05, 3.63) is 28.5 Å². The zero-order valence-corrected chi connectivity index (χ0v) is 11.2. The van der Waals surface area contributed by atoms with Crippen molar-refractivity contribution in [3.63, 3.8) is 0 Å². The topological polar surface area (TPSA) is 64.7 Å². The minimum absolute atomic E-state index is 0.149. The molecule has 2 rings (SSSR count). The second-order valence-corrected chi connectivity index (χ2v) is 4.76. The molecule has 0 bridgehead atoms. The number of nitrogen functional groups attached to an aromatic ring is 1. The van der Waals surface area contributed by atoms with Crippen molar-refractivity contribution in [2.24, 2.45) is 0 Å². The lowest BCUT2D eigenvalue weighted by atomic mass is 10.2. The average Bonchev–Trinajstić information content (AvgIpc) is 2.28. The largest absolute Gasteiger partial charge is 0.368 e. The number of anilines is 1. The first kappa shape index (κ1) is 12.3. The molecular formula is C10H8BrFN4S. The Morgan fingerprint density at radius 3 is 2.71 bits per heavy atom. The first-order valence-electron chi connectivity index (χ1n) is 4.61. The van der Waals surface area contributed by atoms with Crippen LogP contribution in [0.3, 0.4) is 0 Å². The first-order chi connectivity index (χ1) is 8.10. The van der Waals surface area contributed by atoms with Crippen LogP contribution >= 0.6 is 27.7 Å². The van der Waals surface area contributed by atoms with E-state index in [1.54, 1.807) is 6.07 Å². The summed E-state index contributed by atoms with van der Waals surface area (Å²) in [6.07, 6.45) is 1.85. The summed E-state index contributed by atoms with van der Waals surface area (Å²) in [6, 6.07) is 4.30. The van der Waals surface area contributed by atoms with Gasteiger partial charge in [-0.2, -0.15) is 9.97 Å². The van der Waals surface area contributed by atoms with Crippen LogP contribution in [0.25, 0.3) is 11.4 Å². The van der Waals surface area contributed by atoms with Crippen molar-refractivity contribution in [2.45, 2.75) is 5.16 Å². The molecule has 7 heteroatoms. The van der Waals surface area contributed by atoms with Gasteiger partial charge in [-0.1, -0.05) is 11.8 Å². The lowest BCUT2D eigenvalue weighted by Crippen LogP contribution is -2.01. The highest BCUT2D eigenvalue weighted by Gasteiger charge is 2.10. The Labute approximate surface area is 110 Å². The third kappa shape index (κ3) is 2.73. The Morgan fingerprint density at radius 1 is 1.29 bits per heavy atom. The number of nitrogens with two attached hydrogens (primary N) is 1. The molecule has 88 valence electrons. The van der Waals surface area contributed by atoms with Crippen LogP contribution in [-0.2, 0) is 0 Å². The molecule has 2 aromatic rings. The van der Waals surface area contributed by atoms with E-state index in [1.807, 2.05) is 6.26 Å². The summed E-state index contributed by atoms with van der Waals surface area (Å²) in [4.78, 5) is 12.2. The summed E-state index contributed by atoms with van der Waals surface area (Å²) in [5.74, 6) is 0.247. The third-order valence-electron chi connectivity index (χ3n) is 1.99. The summed E-state index contributed by atoms with van der Waals surface area (Å²) in [7, 11) is 0. The van der Waals surface area contributed by atoms with Crippen molar-refractivity contribution in [1.29, 1.82) is 0 Å². The maximum Gasteiger partial charge on any atom is 0.224 e. The van der Waals surface area contributed by atoms with Crippen LogP contribution in [0.4, 0.5) is 10.3 Å². The zero-order chi connectivity index (χ0) is 12.4. The van der Waals surface area contributed by atoms with E-state index in [2.05, 4.69) is 30.9 Å². The lowest BCUT2D eigenvalue weighted by molar-refractivity contribution is 0.627. The Morgan fingerprint density at radius 2 is 2.06 bits per heavy atom. The van der Waals surface area contributed by atoms with Crippen LogP contribution in [0.1, 0.15) is 0 Å². The molecule has 0 aliphatic rings. The van der Waals surface area contributed by atoms with Crippen molar-refractivity contribution < 1.29 is 4.39 Å². The second kappa shape index (κ2) is 4.97. The number of nitrogens with zero attached hydrogens (tertiary/aromatic N) is 3. The van der Waals surface area contributed by atoms with Gasteiger partial charge in [-0.25, -0.2) is 9.37 Å². The quantitative estimate of drug-likeness (QED) is 0.863. The Balaban J connectivity index is 2.55. The first-order valence-corrected chi connectivity index (χ1v) is 6.63. The van der Waals surface area contributed by atoms with Gasteiger partial charge in [0.2, 0.25) is 5.95 Å². The summed E-state index contributed by atoms with van der Waals surface area (Å²) >= 11 is 4.64. The van der Waals surface area contributed by atoms with Gasteiger partial charge in [0.1, 0.15) is 5.82 Å². The fourth-order valence-corrected chi connectivity index (χ4v) is 2.15. The van der Waals surface area contributed by atoms with Gasteiger partial charge in [-0.3, -0.25) is 0 Å². The fourth-order valence-electron chi connectivity index (χ4n) is 1.25. The molecule has 17 heavy (non-hydrogen) atoms. The molecule has 0 saturated heterocycles. The summed E-state index contributed by atoms with van der Waals surface area (Å²) < 4.78 is 13.6. The molecule has 0 saturated carbocycles. The van der Waals surface area contributed by atoms with Gasteiger partial charge < -0.3 is 5.73 Å². The Bertz CT molecular complexity index is 564. The van der Waals surface area contributed by atoms with Crippen LogP contribution < -0.4 is 5.73 Å². The van der Waals surface area contributed by atoms with Crippen molar-refractivity contribution in [2.75, 3.05) is 12.0 Å². The van der Waals surface area contributed by atoms with Crippen LogP contribution in [0.15, 0.2) is 27.8 Å². The summed E-state index contributed by atoms with van der Waals surface area (Å²) in [5, 5.41) is 0.531. The molecule has 1 aromatic carbocycles. The maximum absolute atomic E-state index is 13.0. The molecule has 0 spiro atoms. The van der Waals surface area contributed by atoms with Crippen molar-refractivity contribution in [3.8, 4) is 11.4 Å². The molecule has 0 fully saturated rings. The molecular weight excluding hydrogens is 307 g/mol. The van der Waals surface area contributed by atoms with E-state index in [4.69, 9.17) is 5.73 Å². The van der Waals surface area contributed by atoms with Gasteiger partial charge in [-0.15, -0.1) is 0 Å².